The maximum absolute atomic E-state index is 12.3. The zero-order chi connectivity index (χ0) is 23.5. The zero-order valence-electron chi connectivity index (χ0n) is 17.9. The van der Waals surface area contributed by atoms with Gasteiger partial charge in [0.2, 0.25) is 0 Å². The van der Waals surface area contributed by atoms with Gasteiger partial charge >= 0.3 is 12.4 Å². The molecule has 0 bridgehead atoms. The van der Waals surface area contributed by atoms with Gasteiger partial charge in [0.1, 0.15) is 11.6 Å². The standard InChI is InChI=1S/2C11H13F3N2/c2*1-8-4-5-16(7-8)10-3-2-9(6-15-10)11(12,13)14/h2*2-3,6,8H,4-5,7H2,1H3/t2*8-/m10/s1. The number of alkyl halides is 6. The van der Waals surface area contributed by atoms with Gasteiger partial charge in [-0.1, -0.05) is 13.8 Å². The molecule has 4 heterocycles. The number of anilines is 2. The predicted molar refractivity (Wildman–Crippen MR) is 110 cm³/mol. The lowest BCUT2D eigenvalue weighted by molar-refractivity contribution is -0.138. The van der Waals surface area contributed by atoms with E-state index in [-0.39, 0.29) is 0 Å². The van der Waals surface area contributed by atoms with E-state index in [9.17, 15) is 26.3 Å². The van der Waals surface area contributed by atoms with E-state index >= 15 is 0 Å². The monoisotopic (exact) mass is 460 g/mol. The average molecular weight is 460 g/mol. The van der Waals surface area contributed by atoms with Crippen LogP contribution in [-0.4, -0.2) is 36.1 Å². The van der Waals surface area contributed by atoms with Crippen LogP contribution < -0.4 is 9.80 Å². The van der Waals surface area contributed by atoms with E-state index in [2.05, 4.69) is 23.8 Å². The van der Waals surface area contributed by atoms with Crippen molar-refractivity contribution in [2.45, 2.75) is 39.0 Å². The Hall–Kier alpha value is -2.52. The molecule has 0 aliphatic carbocycles. The lowest BCUT2D eigenvalue weighted by atomic mass is 10.2. The fourth-order valence-electron chi connectivity index (χ4n) is 3.77. The molecule has 2 atom stereocenters. The fourth-order valence-corrected chi connectivity index (χ4v) is 3.77. The van der Waals surface area contributed by atoms with Crippen molar-refractivity contribution in [3.05, 3.63) is 47.8 Å². The molecule has 32 heavy (non-hydrogen) atoms. The normalized spacial score (nSPS) is 21.5. The second-order valence-electron chi connectivity index (χ2n) is 8.49. The van der Waals surface area contributed by atoms with Crippen molar-refractivity contribution in [1.29, 1.82) is 0 Å². The van der Waals surface area contributed by atoms with Gasteiger partial charge in [0.05, 0.1) is 11.1 Å². The molecular formula is C22H26F6N4. The fraction of sp³-hybridized carbons (Fsp3) is 0.545. The number of rotatable bonds is 2. The second kappa shape index (κ2) is 9.54. The summed E-state index contributed by atoms with van der Waals surface area (Å²) in [6, 6.07) is 5.07. The number of halogens is 6. The van der Waals surface area contributed by atoms with Crippen LogP contribution in [0.3, 0.4) is 0 Å². The summed E-state index contributed by atoms with van der Waals surface area (Å²) in [6.07, 6.45) is -4.66. The number of aromatic nitrogens is 2. The van der Waals surface area contributed by atoms with Crippen LogP contribution in [0.15, 0.2) is 36.7 Å². The Morgan fingerprint density at radius 2 is 1.06 bits per heavy atom. The molecule has 0 aromatic carbocycles. The van der Waals surface area contributed by atoms with Crippen molar-refractivity contribution in [2.24, 2.45) is 11.8 Å². The van der Waals surface area contributed by atoms with Gasteiger partial charge < -0.3 is 9.80 Å². The summed E-state index contributed by atoms with van der Waals surface area (Å²) in [5.41, 5.74) is -1.38. The van der Waals surface area contributed by atoms with Crippen molar-refractivity contribution >= 4 is 11.6 Å². The Morgan fingerprint density at radius 3 is 1.28 bits per heavy atom. The van der Waals surface area contributed by atoms with Gasteiger partial charge in [0, 0.05) is 38.6 Å². The molecule has 176 valence electrons. The number of pyridine rings is 2. The first-order valence-electron chi connectivity index (χ1n) is 10.5. The van der Waals surface area contributed by atoms with Crippen LogP contribution >= 0.6 is 0 Å². The van der Waals surface area contributed by atoms with Crippen molar-refractivity contribution in [3.63, 3.8) is 0 Å². The number of nitrogens with zero attached hydrogens (tertiary/aromatic N) is 4. The number of hydrogen-bond acceptors (Lipinski definition) is 4. The highest BCUT2D eigenvalue weighted by Gasteiger charge is 2.32. The van der Waals surface area contributed by atoms with Gasteiger partial charge in [-0.05, 0) is 48.9 Å². The van der Waals surface area contributed by atoms with Crippen molar-refractivity contribution in [1.82, 2.24) is 9.97 Å². The second-order valence-corrected chi connectivity index (χ2v) is 8.49. The first-order chi connectivity index (χ1) is 14.9. The Balaban J connectivity index is 0.000000181. The van der Waals surface area contributed by atoms with Crippen molar-refractivity contribution in [2.75, 3.05) is 36.0 Å². The van der Waals surface area contributed by atoms with Crippen molar-refractivity contribution < 1.29 is 26.3 Å². The largest absolute Gasteiger partial charge is 0.417 e. The molecule has 0 saturated carbocycles. The topological polar surface area (TPSA) is 32.3 Å². The number of hydrogen-bond donors (Lipinski definition) is 0. The Kier molecular flexibility index (Phi) is 7.19. The maximum atomic E-state index is 12.3. The molecule has 10 heteroatoms. The highest BCUT2D eigenvalue weighted by atomic mass is 19.4. The SMILES string of the molecule is C[C@@H]1CCN(c2ccc(C(F)(F)F)cn2)C1.C[C@H]1CCN(c2ccc(C(F)(F)F)cn2)C1. The molecule has 0 spiro atoms. The van der Waals surface area contributed by atoms with E-state index in [1.165, 1.54) is 12.1 Å². The highest BCUT2D eigenvalue weighted by molar-refractivity contribution is 5.41. The maximum Gasteiger partial charge on any atom is 0.417 e. The van der Waals surface area contributed by atoms with E-state index in [0.717, 1.165) is 63.5 Å². The van der Waals surface area contributed by atoms with E-state index < -0.39 is 23.5 Å². The molecule has 2 aromatic heterocycles. The molecule has 0 unspecified atom stereocenters. The van der Waals surface area contributed by atoms with Crippen LogP contribution in [0, 0.1) is 11.8 Å². The molecule has 2 aliphatic heterocycles. The molecule has 4 nitrogen and oxygen atoms in total. The average Bonchev–Trinajstić information content (AvgIpc) is 3.36. The molecule has 2 aliphatic rings. The molecule has 2 fully saturated rings. The van der Waals surface area contributed by atoms with Crippen LogP contribution in [0.25, 0.3) is 0 Å². The smallest absolute Gasteiger partial charge is 0.356 e. The zero-order valence-corrected chi connectivity index (χ0v) is 17.9. The van der Waals surface area contributed by atoms with Gasteiger partial charge in [-0.15, -0.1) is 0 Å². The summed E-state index contributed by atoms with van der Waals surface area (Å²) in [6.45, 7) is 7.75. The van der Waals surface area contributed by atoms with Gasteiger partial charge in [0.15, 0.2) is 0 Å². The van der Waals surface area contributed by atoms with E-state index in [1.54, 1.807) is 0 Å². The van der Waals surface area contributed by atoms with Crippen LogP contribution in [0.1, 0.15) is 37.8 Å². The minimum atomic E-state index is -4.30. The molecular weight excluding hydrogens is 434 g/mol. The molecule has 4 rings (SSSR count). The summed E-state index contributed by atoms with van der Waals surface area (Å²) in [5.74, 6) is 2.45. The van der Waals surface area contributed by atoms with E-state index in [4.69, 9.17) is 0 Å². The molecule has 0 radical (unpaired) electrons. The van der Waals surface area contributed by atoms with E-state index in [0.29, 0.717) is 23.5 Å². The first-order valence-corrected chi connectivity index (χ1v) is 10.5. The molecule has 0 amide bonds. The summed E-state index contributed by atoms with van der Waals surface area (Å²) in [5, 5.41) is 0. The van der Waals surface area contributed by atoms with Crippen LogP contribution in [0.4, 0.5) is 38.0 Å². The lowest BCUT2D eigenvalue weighted by Gasteiger charge is -2.17. The molecule has 0 N–H and O–H groups in total. The van der Waals surface area contributed by atoms with Crippen LogP contribution in [0.2, 0.25) is 0 Å². The minimum Gasteiger partial charge on any atom is -0.356 e. The Labute approximate surface area is 183 Å². The quantitative estimate of drug-likeness (QED) is 0.523. The van der Waals surface area contributed by atoms with E-state index in [1.807, 2.05) is 9.80 Å². The summed E-state index contributed by atoms with van der Waals surface area (Å²) >= 11 is 0. The summed E-state index contributed by atoms with van der Waals surface area (Å²) < 4.78 is 73.8. The minimum absolute atomic E-state index is 0.587. The van der Waals surface area contributed by atoms with Gasteiger partial charge in [-0.3, -0.25) is 0 Å². The van der Waals surface area contributed by atoms with Gasteiger partial charge in [-0.2, -0.15) is 26.3 Å². The predicted octanol–water partition coefficient (Wildman–Crippen LogP) is 5.89. The van der Waals surface area contributed by atoms with Crippen molar-refractivity contribution in [3.8, 4) is 0 Å². The third-order valence-corrected chi connectivity index (χ3v) is 5.65. The Morgan fingerprint density at radius 1 is 0.688 bits per heavy atom. The third-order valence-electron chi connectivity index (χ3n) is 5.65. The molecule has 2 aromatic rings. The summed E-state index contributed by atoms with van der Waals surface area (Å²) in [7, 11) is 0. The van der Waals surface area contributed by atoms with Crippen LogP contribution in [-0.2, 0) is 12.4 Å². The van der Waals surface area contributed by atoms with Gasteiger partial charge in [-0.25, -0.2) is 9.97 Å². The highest BCUT2D eigenvalue weighted by Crippen LogP contribution is 2.31. The first kappa shape index (κ1) is 24.1. The molecule has 2 saturated heterocycles. The van der Waals surface area contributed by atoms with Gasteiger partial charge in [0.25, 0.3) is 0 Å². The summed E-state index contributed by atoms with van der Waals surface area (Å²) in [4.78, 5) is 11.8. The Bertz CT molecular complexity index is 790. The lowest BCUT2D eigenvalue weighted by Crippen LogP contribution is -2.20. The van der Waals surface area contributed by atoms with Crippen LogP contribution in [0.5, 0.6) is 0 Å². The third kappa shape index (κ3) is 6.26.